The fraction of sp³-hybridized carbons (Fsp3) is 0.158. The number of carbonyl (C=O) groups is 1. The summed E-state index contributed by atoms with van der Waals surface area (Å²) in [7, 11) is 1.58. The number of methoxy groups -OCH3 is 1. The number of ether oxygens (including phenoxy) is 1. The van der Waals surface area contributed by atoms with Crippen LogP contribution in [0.2, 0.25) is 0 Å². The maximum absolute atomic E-state index is 12.1. The van der Waals surface area contributed by atoms with E-state index in [0.29, 0.717) is 17.2 Å². The molecule has 0 aliphatic heterocycles. The van der Waals surface area contributed by atoms with Gasteiger partial charge in [-0.3, -0.25) is 9.36 Å². The van der Waals surface area contributed by atoms with Crippen molar-refractivity contribution in [2.24, 2.45) is 0 Å². The molecule has 3 aromatic rings. The molecule has 0 saturated heterocycles. The number of nitrogens with one attached hydrogen (secondary N) is 1. The van der Waals surface area contributed by atoms with Crippen molar-refractivity contribution >= 4 is 11.6 Å². The van der Waals surface area contributed by atoms with E-state index in [1.165, 1.54) is 10.8 Å². The minimum atomic E-state index is -0.579. The maximum Gasteiger partial charge on any atom is 0.419 e. The molecule has 1 amide bonds. The molecule has 0 spiro atoms. The smallest absolute Gasteiger partial charge is 0.419 e. The molecule has 6 heteroatoms. The molecular weight excluding hydrogens is 320 g/mol. The molecule has 1 N–H and O–H groups in total. The Morgan fingerprint density at radius 2 is 1.80 bits per heavy atom. The van der Waals surface area contributed by atoms with Crippen LogP contribution >= 0.6 is 0 Å². The topological polar surface area (TPSA) is 73.5 Å². The van der Waals surface area contributed by atoms with Crippen molar-refractivity contribution in [3.63, 3.8) is 0 Å². The summed E-state index contributed by atoms with van der Waals surface area (Å²) in [4.78, 5) is 24.1. The fourth-order valence-electron chi connectivity index (χ4n) is 2.36. The lowest BCUT2D eigenvalue weighted by Crippen LogP contribution is -2.24. The van der Waals surface area contributed by atoms with Crippen LogP contribution in [-0.4, -0.2) is 17.6 Å². The second-order valence-electron chi connectivity index (χ2n) is 5.63. The molecule has 25 heavy (non-hydrogen) atoms. The Kier molecular flexibility index (Phi) is 4.70. The van der Waals surface area contributed by atoms with Crippen LogP contribution in [0.3, 0.4) is 0 Å². The number of benzene rings is 2. The number of oxazole rings is 1. The molecule has 0 saturated carbocycles. The zero-order valence-electron chi connectivity index (χ0n) is 14.0. The van der Waals surface area contributed by atoms with Crippen molar-refractivity contribution < 1.29 is 13.9 Å². The monoisotopic (exact) mass is 338 g/mol. The summed E-state index contributed by atoms with van der Waals surface area (Å²) in [5, 5.41) is 2.75. The number of nitrogens with zero attached hydrogens (tertiary/aromatic N) is 1. The van der Waals surface area contributed by atoms with E-state index in [4.69, 9.17) is 9.15 Å². The van der Waals surface area contributed by atoms with Crippen molar-refractivity contribution in [1.29, 1.82) is 0 Å². The quantitative estimate of drug-likeness (QED) is 0.776. The third-order valence-corrected chi connectivity index (χ3v) is 3.73. The van der Waals surface area contributed by atoms with Gasteiger partial charge in [0.05, 0.1) is 13.3 Å². The van der Waals surface area contributed by atoms with Gasteiger partial charge in [-0.1, -0.05) is 17.7 Å². The van der Waals surface area contributed by atoms with E-state index in [9.17, 15) is 9.59 Å². The minimum Gasteiger partial charge on any atom is -0.497 e. The zero-order chi connectivity index (χ0) is 17.8. The van der Waals surface area contributed by atoms with Crippen molar-refractivity contribution in [2.75, 3.05) is 12.4 Å². The first-order valence-corrected chi connectivity index (χ1v) is 7.76. The summed E-state index contributed by atoms with van der Waals surface area (Å²) in [6.45, 7) is 1.85. The second-order valence-corrected chi connectivity index (χ2v) is 5.63. The first kappa shape index (κ1) is 16.6. The Morgan fingerprint density at radius 1 is 1.12 bits per heavy atom. The van der Waals surface area contributed by atoms with Gasteiger partial charge in [0.2, 0.25) is 5.91 Å². The number of amides is 1. The number of carbonyl (C=O) groups excluding carboxylic acids is 1. The number of aryl methyl sites for hydroxylation is 1. The Labute approximate surface area is 144 Å². The third kappa shape index (κ3) is 3.98. The third-order valence-electron chi connectivity index (χ3n) is 3.73. The highest BCUT2D eigenvalue weighted by atomic mass is 16.5. The summed E-state index contributed by atoms with van der Waals surface area (Å²) in [6.07, 6.45) is 1.53. The normalized spacial score (nSPS) is 10.5. The molecule has 2 aromatic carbocycles. The lowest BCUT2D eigenvalue weighted by Gasteiger charge is -2.05. The molecule has 0 atom stereocenters. The highest BCUT2D eigenvalue weighted by molar-refractivity contribution is 5.90. The zero-order valence-corrected chi connectivity index (χ0v) is 14.0. The Bertz CT molecular complexity index is 921. The van der Waals surface area contributed by atoms with Crippen LogP contribution in [0, 0.1) is 6.92 Å². The predicted octanol–water partition coefficient (Wildman–Crippen LogP) is 3.06. The van der Waals surface area contributed by atoms with E-state index in [1.54, 1.807) is 31.4 Å². The van der Waals surface area contributed by atoms with Crippen LogP contribution in [-0.2, 0) is 11.3 Å². The molecule has 3 rings (SSSR count). The van der Waals surface area contributed by atoms with Gasteiger partial charge in [0, 0.05) is 11.3 Å². The highest BCUT2D eigenvalue weighted by Crippen LogP contribution is 2.21. The van der Waals surface area contributed by atoms with Gasteiger partial charge < -0.3 is 14.5 Å². The SMILES string of the molecule is COc1ccc(-c2cn(CC(=O)Nc3ccc(C)cc3)c(=O)o2)cc1. The minimum absolute atomic E-state index is 0.119. The van der Waals surface area contributed by atoms with Crippen molar-refractivity contribution in [1.82, 2.24) is 4.57 Å². The van der Waals surface area contributed by atoms with Crippen molar-refractivity contribution in [2.45, 2.75) is 13.5 Å². The Morgan fingerprint density at radius 3 is 2.44 bits per heavy atom. The lowest BCUT2D eigenvalue weighted by atomic mass is 10.2. The molecule has 1 heterocycles. The first-order valence-electron chi connectivity index (χ1n) is 7.76. The second kappa shape index (κ2) is 7.09. The molecule has 1 aromatic heterocycles. The summed E-state index contributed by atoms with van der Waals surface area (Å²) < 4.78 is 11.6. The summed E-state index contributed by atoms with van der Waals surface area (Å²) >= 11 is 0. The van der Waals surface area contributed by atoms with E-state index in [1.807, 2.05) is 31.2 Å². The summed E-state index contributed by atoms with van der Waals surface area (Å²) in [5.41, 5.74) is 2.52. The molecule has 0 fully saturated rings. The molecule has 6 nitrogen and oxygen atoms in total. The van der Waals surface area contributed by atoms with Gasteiger partial charge in [0.25, 0.3) is 0 Å². The number of hydrogen-bond acceptors (Lipinski definition) is 4. The van der Waals surface area contributed by atoms with Gasteiger partial charge in [-0.2, -0.15) is 0 Å². The number of rotatable bonds is 5. The van der Waals surface area contributed by atoms with Gasteiger partial charge in [-0.25, -0.2) is 4.79 Å². The molecule has 0 aliphatic rings. The maximum atomic E-state index is 12.1. The summed E-state index contributed by atoms with van der Waals surface area (Å²) in [6, 6.07) is 14.6. The average Bonchev–Trinajstić information content (AvgIpc) is 2.97. The molecule has 0 unspecified atom stereocenters. The molecule has 0 aliphatic carbocycles. The van der Waals surface area contributed by atoms with E-state index in [2.05, 4.69) is 5.32 Å². The van der Waals surface area contributed by atoms with Crippen molar-refractivity contribution in [3.8, 4) is 17.1 Å². The van der Waals surface area contributed by atoms with Crippen LogP contribution in [0.1, 0.15) is 5.56 Å². The Hall–Kier alpha value is -3.28. The van der Waals surface area contributed by atoms with Gasteiger partial charge in [0.15, 0.2) is 5.76 Å². The molecule has 0 radical (unpaired) electrons. The largest absolute Gasteiger partial charge is 0.497 e. The number of hydrogen-bond donors (Lipinski definition) is 1. The van der Waals surface area contributed by atoms with E-state index >= 15 is 0 Å². The average molecular weight is 338 g/mol. The standard InChI is InChI=1S/C19H18N2O4/c1-13-3-7-15(8-4-13)20-18(22)12-21-11-17(25-19(21)23)14-5-9-16(24-2)10-6-14/h3-11H,12H2,1-2H3,(H,20,22). The van der Waals surface area contributed by atoms with Crippen LogP contribution in [0.5, 0.6) is 5.75 Å². The van der Waals surface area contributed by atoms with Crippen LogP contribution in [0.15, 0.2) is 63.9 Å². The van der Waals surface area contributed by atoms with Gasteiger partial charge in [-0.05, 0) is 43.3 Å². The van der Waals surface area contributed by atoms with E-state index < -0.39 is 5.76 Å². The number of anilines is 1. The van der Waals surface area contributed by atoms with Crippen LogP contribution in [0.4, 0.5) is 5.69 Å². The van der Waals surface area contributed by atoms with Crippen LogP contribution < -0.4 is 15.8 Å². The first-order chi connectivity index (χ1) is 12.0. The van der Waals surface area contributed by atoms with E-state index in [-0.39, 0.29) is 12.5 Å². The molecule has 0 bridgehead atoms. The Balaban J connectivity index is 1.72. The van der Waals surface area contributed by atoms with Gasteiger partial charge in [0.1, 0.15) is 12.3 Å². The predicted molar refractivity (Wildman–Crippen MR) is 94.8 cm³/mol. The van der Waals surface area contributed by atoms with Gasteiger partial charge >= 0.3 is 5.76 Å². The highest BCUT2D eigenvalue weighted by Gasteiger charge is 2.12. The number of aromatic nitrogens is 1. The molecular formula is C19H18N2O4. The van der Waals surface area contributed by atoms with E-state index in [0.717, 1.165) is 11.1 Å². The molecule has 128 valence electrons. The summed E-state index contributed by atoms with van der Waals surface area (Å²) in [5.74, 6) is 0.233. The van der Waals surface area contributed by atoms with Crippen molar-refractivity contribution in [3.05, 3.63) is 70.8 Å². The van der Waals surface area contributed by atoms with Crippen LogP contribution in [0.25, 0.3) is 11.3 Å². The van der Waals surface area contributed by atoms with Gasteiger partial charge in [-0.15, -0.1) is 0 Å². The fourth-order valence-corrected chi connectivity index (χ4v) is 2.36. The lowest BCUT2D eigenvalue weighted by molar-refractivity contribution is -0.116.